The highest BCUT2D eigenvalue weighted by Crippen LogP contribution is 2.32. The second-order valence-corrected chi connectivity index (χ2v) is 7.18. The number of carbonyl (C=O) groups is 1. The summed E-state index contributed by atoms with van der Waals surface area (Å²) in [5.74, 6) is 0.627. The standard InChI is InChI=1S/C14H23N3OS/c1-14(2,3)13-16-10(8-19-13)6-12(18)17-11(7-15)9-4-5-9/h8-9,11H,4-7,15H2,1-3H3,(H,17,18). The van der Waals surface area contributed by atoms with E-state index in [1.165, 1.54) is 12.8 Å². The Morgan fingerprint density at radius 2 is 2.26 bits per heavy atom. The maximum Gasteiger partial charge on any atom is 0.226 e. The third-order valence-electron chi connectivity index (χ3n) is 3.33. The largest absolute Gasteiger partial charge is 0.351 e. The summed E-state index contributed by atoms with van der Waals surface area (Å²) >= 11 is 1.63. The van der Waals surface area contributed by atoms with Gasteiger partial charge in [-0.15, -0.1) is 11.3 Å². The van der Waals surface area contributed by atoms with Crippen molar-refractivity contribution in [2.45, 2.75) is 51.5 Å². The van der Waals surface area contributed by atoms with Crippen molar-refractivity contribution in [2.24, 2.45) is 11.7 Å². The second-order valence-electron chi connectivity index (χ2n) is 6.32. The van der Waals surface area contributed by atoms with Crippen molar-refractivity contribution in [3.05, 3.63) is 16.1 Å². The van der Waals surface area contributed by atoms with Gasteiger partial charge in [-0.2, -0.15) is 0 Å². The number of thiazole rings is 1. The van der Waals surface area contributed by atoms with Crippen LogP contribution in [0.25, 0.3) is 0 Å². The molecule has 2 rings (SSSR count). The van der Waals surface area contributed by atoms with Gasteiger partial charge in [0.05, 0.1) is 17.1 Å². The number of amides is 1. The minimum atomic E-state index is 0.0353. The van der Waals surface area contributed by atoms with Crippen LogP contribution < -0.4 is 11.1 Å². The van der Waals surface area contributed by atoms with E-state index in [-0.39, 0.29) is 17.4 Å². The van der Waals surface area contributed by atoms with E-state index in [1.54, 1.807) is 11.3 Å². The van der Waals surface area contributed by atoms with E-state index in [2.05, 4.69) is 31.1 Å². The number of aromatic nitrogens is 1. The molecule has 5 heteroatoms. The summed E-state index contributed by atoms with van der Waals surface area (Å²) in [5, 5.41) is 6.08. The fourth-order valence-corrected chi connectivity index (χ4v) is 2.93. The Kier molecular flexibility index (Phi) is 4.26. The molecule has 0 radical (unpaired) electrons. The lowest BCUT2D eigenvalue weighted by atomic mass is 9.98. The van der Waals surface area contributed by atoms with Crippen LogP contribution in [0.2, 0.25) is 0 Å². The first-order valence-corrected chi connectivity index (χ1v) is 7.72. The summed E-state index contributed by atoms with van der Waals surface area (Å²) in [6, 6.07) is 0.147. The van der Waals surface area contributed by atoms with Gasteiger partial charge in [-0.05, 0) is 18.8 Å². The molecule has 1 amide bonds. The van der Waals surface area contributed by atoms with E-state index in [9.17, 15) is 4.79 Å². The van der Waals surface area contributed by atoms with Gasteiger partial charge in [0.1, 0.15) is 0 Å². The van der Waals surface area contributed by atoms with E-state index in [4.69, 9.17) is 5.73 Å². The third kappa shape index (κ3) is 4.01. The molecule has 1 aromatic heterocycles. The molecule has 1 fully saturated rings. The van der Waals surface area contributed by atoms with Crippen LogP contribution in [-0.4, -0.2) is 23.5 Å². The van der Waals surface area contributed by atoms with Gasteiger partial charge in [-0.25, -0.2) is 4.98 Å². The lowest BCUT2D eigenvalue weighted by molar-refractivity contribution is -0.121. The number of hydrogen-bond donors (Lipinski definition) is 2. The molecule has 0 bridgehead atoms. The Labute approximate surface area is 118 Å². The molecule has 1 unspecified atom stereocenters. The van der Waals surface area contributed by atoms with Crippen molar-refractivity contribution < 1.29 is 4.79 Å². The number of hydrogen-bond acceptors (Lipinski definition) is 4. The number of nitrogens with one attached hydrogen (secondary N) is 1. The molecule has 19 heavy (non-hydrogen) atoms. The molecule has 1 atom stereocenters. The first-order chi connectivity index (χ1) is 8.90. The maximum absolute atomic E-state index is 12.0. The van der Waals surface area contributed by atoms with Crippen LogP contribution in [0.15, 0.2) is 5.38 Å². The van der Waals surface area contributed by atoms with Crippen molar-refractivity contribution >= 4 is 17.2 Å². The maximum atomic E-state index is 12.0. The molecule has 106 valence electrons. The van der Waals surface area contributed by atoms with Gasteiger partial charge in [-0.3, -0.25) is 4.79 Å². The zero-order chi connectivity index (χ0) is 14.0. The molecular weight excluding hydrogens is 258 g/mol. The van der Waals surface area contributed by atoms with Crippen LogP contribution in [0.5, 0.6) is 0 Å². The molecule has 1 aromatic rings. The van der Waals surface area contributed by atoms with Crippen LogP contribution in [0.1, 0.15) is 44.3 Å². The van der Waals surface area contributed by atoms with Gasteiger partial charge in [0.2, 0.25) is 5.91 Å². The van der Waals surface area contributed by atoms with E-state index in [1.807, 2.05) is 5.38 Å². The van der Waals surface area contributed by atoms with Gasteiger partial charge in [0.25, 0.3) is 0 Å². The van der Waals surface area contributed by atoms with Crippen molar-refractivity contribution in [1.82, 2.24) is 10.3 Å². The summed E-state index contributed by atoms with van der Waals surface area (Å²) in [5.41, 5.74) is 6.60. The van der Waals surface area contributed by atoms with Gasteiger partial charge < -0.3 is 11.1 Å². The molecular formula is C14H23N3OS. The predicted molar refractivity (Wildman–Crippen MR) is 78.2 cm³/mol. The molecule has 0 aromatic carbocycles. The zero-order valence-corrected chi connectivity index (χ0v) is 12.7. The minimum Gasteiger partial charge on any atom is -0.351 e. The predicted octanol–water partition coefficient (Wildman–Crippen LogP) is 1.84. The SMILES string of the molecule is CC(C)(C)c1nc(CC(=O)NC(CN)C2CC2)cs1. The summed E-state index contributed by atoms with van der Waals surface area (Å²) in [4.78, 5) is 16.5. The Morgan fingerprint density at radius 3 is 2.74 bits per heavy atom. The van der Waals surface area contributed by atoms with Crippen molar-refractivity contribution in [3.63, 3.8) is 0 Å². The topological polar surface area (TPSA) is 68.0 Å². The Hall–Kier alpha value is -0.940. The number of nitrogens with two attached hydrogens (primary N) is 1. The lowest BCUT2D eigenvalue weighted by Gasteiger charge is -2.15. The van der Waals surface area contributed by atoms with Gasteiger partial charge in [-0.1, -0.05) is 20.8 Å². The molecule has 1 aliphatic rings. The molecule has 4 nitrogen and oxygen atoms in total. The van der Waals surface area contributed by atoms with Gasteiger partial charge in [0, 0.05) is 23.4 Å². The fourth-order valence-electron chi connectivity index (χ4n) is 2.02. The molecule has 1 saturated carbocycles. The van der Waals surface area contributed by atoms with Crippen molar-refractivity contribution in [2.75, 3.05) is 6.54 Å². The van der Waals surface area contributed by atoms with Crippen LogP contribution in [0.3, 0.4) is 0 Å². The highest BCUT2D eigenvalue weighted by atomic mass is 32.1. The first-order valence-electron chi connectivity index (χ1n) is 6.84. The van der Waals surface area contributed by atoms with Crippen molar-refractivity contribution in [1.29, 1.82) is 0 Å². The molecule has 3 N–H and O–H groups in total. The van der Waals surface area contributed by atoms with Gasteiger partial charge >= 0.3 is 0 Å². The monoisotopic (exact) mass is 281 g/mol. The molecule has 0 spiro atoms. The Balaban J connectivity index is 1.89. The summed E-state index contributed by atoms with van der Waals surface area (Å²) in [6.07, 6.45) is 2.73. The number of rotatable bonds is 5. The highest BCUT2D eigenvalue weighted by Gasteiger charge is 2.31. The smallest absolute Gasteiger partial charge is 0.226 e. The van der Waals surface area contributed by atoms with E-state index in [0.717, 1.165) is 10.7 Å². The Bertz CT molecular complexity index is 446. The normalized spacial score (nSPS) is 17.3. The third-order valence-corrected chi connectivity index (χ3v) is 4.64. The molecule has 1 aliphatic carbocycles. The number of nitrogens with zero attached hydrogens (tertiary/aromatic N) is 1. The quantitative estimate of drug-likeness (QED) is 0.865. The van der Waals surface area contributed by atoms with Crippen LogP contribution in [0, 0.1) is 5.92 Å². The lowest BCUT2D eigenvalue weighted by Crippen LogP contribution is -2.42. The fraction of sp³-hybridized carbons (Fsp3) is 0.714. The summed E-state index contributed by atoms with van der Waals surface area (Å²) < 4.78 is 0. The van der Waals surface area contributed by atoms with Crippen LogP contribution >= 0.6 is 11.3 Å². The zero-order valence-electron chi connectivity index (χ0n) is 11.9. The second kappa shape index (κ2) is 5.59. The van der Waals surface area contributed by atoms with Gasteiger partial charge in [0.15, 0.2) is 0 Å². The van der Waals surface area contributed by atoms with Crippen LogP contribution in [-0.2, 0) is 16.6 Å². The average molecular weight is 281 g/mol. The summed E-state index contributed by atoms with van der Waals surface area (Å²) in [6.45, 7) is 6.93. The highest BCUT2D eigenvalue weighted by molar-refractivity contribution is 7.09. The first kappa shape index (κ1) is 14.5. The minimum absolute atomic E-state index is 0.0353. The van der Waals surface area contributed by atoms with E-state index >= 15 is 0 Å². The Morgan fingerprint density at radius 1 is 1.58 bits per heavy atom. The van der Waals surface area contributed by atoms with Crippen LogP contribution in [0.4, 0.5) is 0 Å². The summed E-state index contributed by atoms with van der Waals surface area (Å²) in [7, 11) is 0. The van der Waals surface area contributed by atoms with E-state index in [0.29, 0.717) is 18.9 Å². The molecule has 1 heterocycles. The number of carbonyl (C=O) groups excluding carboxylic acids is 1. The molecule has 0 aliphatic heterocycles. The van der Waals surface area contributed by atoms with E-state index < -0.39 is 0 Å². The van der Waals surface area contributed by atoms with Crippen molar-refractivity contribution in [3.8, 4) is 0 Å². The molecule has 0 saturated heterocycles. The average Bonchev–Trinajstić information content (AvgIpc) is 3.04.